The molecule has 0 amide bonds. The van der Waals surface area contributed by atoms with Crippen molar-refractivity contribution in [2.24, 2.45) is 0 Å². The summed E-state index contributed by atoms with van der Waals surface area (Å²) in [7, 11) is 0. The first-order valence-electron chi connectivity index (χ1n) is 19.8. The molecule has 58 heavy (non-hydrogen) atoms. The Morgan fingerprint density at radius 3 is 1.72 bits per heavy atom. The minimum atomic E-state index is 0.863. The van der Waals surface area contributed by atoms with E-state index in [0.717, 1.165) is 61.6 Å². The van der Waals surface area contributed by atoms with Crippen LogP contribution in [0.1, 0.15) is 0 Å². The molecule has 0 aliphatic carbocycles. The maximum absolute atomic E-state index is 5.43. The Balaban J connectivity index is 1.11. The van der Waals surface area contributed by atoms with E-state index < -0.39 is 0 Å². The molecule has 0 spiro atoms. The van der Waals surface area contributed by atoms with Crippen LogP contribution in [0.3, 0.4) is 0 Å². The van der Waals surface area contributed by atoms with Crippen LogP contribution < -0.4 is 0 Å². The third kappa shape index (κ3) is 4.95. The first-order chi connectivity index (χ1) is 28.8. The van der Waals surface area contributed by atoms with Crippen molar-refractivity contribution < 1.29 is 0 Å². The molecule has 0 saturated heterocycles. The molecule has 9 aromatic carbocycles. The molecular weight excluding hydrogens is 705 g/mol. The predicted octanol–water partition coefficient (Wildman–Crippen LogP) is 14.0. The Kier molecular flexibility index (Phi) is 7.20. The van der Waals surface area contributed by atoms with Gasteiger partial charge in [0.15, 0.2) is 0 Å². The summed E-state index contributed by atoms with van der Waals surface area (Å²) in [4.78, 5) is 10.7. The normalized spacial score (nSPS) is 11.8. The van der Waals surface area contributed by atoms with Gasteiger partial charge in [-0.3, -0.25) is 0 Å². The van der Waals surface area contributed by atoms with Crippen LogP contribution in [0.2, 0.25) is 0 Å². The Labute approximate surface area is 334 Å². The Hall–Kier alpha value is -7.82. The lowest BCUT2D eigenvalue weighted by Gasteiger charge is -2.14. The van der Waals surface area contributed by atoms with Gasteiger partial charge >= 0.3 is 0 Å². The zero-order valence-electron chi connectivity index (χ0n) is 31.4. The molecule has 3 heterocycles. The van der Waals surface area contributed by atoms with E-state index in [-0.39, 0.29) is 0 Å². The van der Waals surface area contributed by atoms with Crippen LogP contribution in [-0.4, -0.2) is 19.1 Å². The van der Waals surface area contributed by atoms with E-state index in [9.17, 15) is 0 Å². The topological polar surface area (TPSA) is 35.6 Å². The number of benzene rings is 9. The van der Waals surface area contributed by atoms with Crippen molar-refractivity contribution in [3.05, 3.63) is 206 Å². The summed E-state index contributed by atoms with van der Waals surface area (Å²) in [5, 5.41) is 7.42. The van der Waals surface area contributed by atoms with Crippen molar-refractivity contribution >= 4 is 65.4 Å². The largest absolute Gasteiger partial charge is 0.309 e. The number of hydrogen-bond donors (Lipinski definition) is 0. The SMILES string of the molecule is c1ccc(-c2nc3cccc(-c4cccc(-n5c6ccccc6c6cc7c8ccc9ccccc9c8n(-c8ccccc8)c7cc65)c4)c3nc2-c2ccccc2)cc1. The summed E-state index contributed by atoms with van der Waals surface area (Å²) in [5.74, 6) is 0. The maximum Gasteiger partial charge on any atom is 0.0973 e. The first kappa shape index (κ1) is 32.4. The van der Waals surface area contributed by atoms with Crippen LogP contribution in [0.15, 0.2) is 206 Å². The van der Waals surface area contributed by atoms with E-state index in [1.165, 1.54) is 48.9 Å². The van der Waals surface area contributed by atoms with Crippen molar-refractivity contribution in [2.45, 2.75) is 0 Å². The van der Waals surface area contributed by atoms with Gasteiger partial charge in [0, 0.05) is 55.0 Å². The van der Waals surface area contributed by atoms with Gasteiger partial charge in [-0.15, -0.1) is 0 Å². The first-order valence-corrected chi connectivity index (χ1v) is 19.8. The molecule has 0 atom stereocenters. The fourth-order valence-corrected chi connectivity index (χ4v) is 9.08. The van der Waals surface area contributed by atoms with Gasteiger partial charge in [0.2, 0.25) is 0 Å². The average molecular weight is 739 g/mol. The van der Waals surface area contributed by atoms with Crippen molar-refractivity contribution in [1.29, 1.82) is 0 Å². The number of hydrogen-bond acceptors (Lipinski definition) is 2. The lowest BCUT2D eigenvalue weighted by molar-refractivity contribution is 1.17. The van der Waals surface area contributed by atoms with Gasteiger partial charge in [0.1, 0.15) is 0 Å². The summed E-state index contributed by atoms with van der Waals surface area (Å²) < 4.78 is 4.88. The molecule has 270 valence electrons. The van der Waals surface area contributed by atoms with Gasteiger partial charge in [-0.05, 0) is 59.5 Å². The van der Waals surface area contributed by atoms with E-state index in [1.54, 1.807) is 0 Å². The second-order valence-corrected chi connectivity index (χ2v) is 15.0. The van der Waals surface area contributed by atoms with E-state index in [4.69, 9.17) is 9.97 Å². The number of fused-ring (bicyclic) bond motifs is 9. The van der Waals surface area contributed by atoms with Crippen molar-refractivity contribution in [3.63, 3.8) is 0 Å². The molecule has 0 saturated carbocycles. The van der Waals surface area contributed by atoms with Crippen LogP contribution in [0.25, 0.3) is 110 Å². The van der Waals surface area contributed by atoms with Gasteiger partial charge in [-0.25, -0.2) is 9.97 Å². The minimum absolute atomic E-state index is 0.863. The van der Waals surface area contributed by atoms with Crippen LogP contribution in [0.5, 0.6) is 0 Å². The predicted molar refractivity (Wildman–Crippen MR) is 242 cm³/mol. The molecule has 0 fully saturated rings. The fourth-order valence-electron chi connectivity index (χ4n) is 9.08. The average Bonchev–Trinajstić information content (AvgIpc) is 3.80. The number of aromatic nitrogens is 4. The molecule has 12 aromatic rings. The van der Waals surface area contributed by atoms with Crippen LogP contribution in [0.4, 0.5) is 0 Å². The molecule has 12 rings (SSSR count). The highest BCUT2D eigenvalue weighted by Crippen LogP contribution is 2.42. The van der Waals surface area contributed by atoms with Crippen LogP contribution in [0, 0.1) is 0 Å². The Morgan fingerprint density at radius 2 is 0.931 bits per heavy atom. The highest BCUT2D eigenvalue weighted by Gasteiger charge is 2.21. The molecule has 0 aliphatic heterocycles. The molecule has 3 aromatic heterocycles. The maximum atomic E-state index is 5.43. The van der Waals surface area contributed by atoms with Gasteiger partial charge in [-0.1, -0.05) is 158 Å². The quantitative estimate of drug-likeness (QED) is 0.176. The third-order valence-electron chi connectivity index (χ3n) is 11.7. The van der Waals surface area contributed by atoms with Gasteiger partial charge < -0.3 is 9.13 Å². The fraction of sp³-hybridized carbons (Fsp3) is 0. The monoisotopic (exact) mass is 738 g/mol. The number of nitrogens with zero attached hydrogens (tertiary/aromatic N) is 4. The highest BCUT2D eigenvalue weighted by molar-refractivity contribution is 6.23. The molecule has 4 heteroatoms. The lowest BCUT2D eigenvalue weighted by atomic mass is 10.0. The zero-order chi connectivity index (χ0) is 38.2. The second-order valence-electron chi connectivity index (χ2n) is 15.0. The Bertz CT molecular complexity index is 3550. The van der Waals surface area contributed by atoms with Crippen molar-refractivity contribution in [3.8, 4) is 45.0 Å². The van der Waals surface area contributed by atoms with Gasteiger partial charge in [0.25, 0.3) is 0 Å². The van der Waals surface area contributed by atoms with E-state index >= 15 is 0 Å². The summed E-state index contributed by atoms with van der Waals surface area (Å²) in [6, 6.07) is 73.6. The molecule has 0 unspecified atom stereocenters. The van der Waals surface area contributed by atoms with Gasteiger partial charge in [0.05, 0.1) is 44.5 Å². The summed E-state index contributed by atoms with van der Waals surface area (Å²) in [6.45, 7) is 0. The Morgan fingerprint density at radius 1 is 0.328 bits per heavy atom. The minimum Gasteiger partial charge on any atom is -0.309 e. The number of para-hydroxylation sites is 3. The van der Waals surface area contributed by atoms with Crippen molar-refractivity contribution in [2.75, 3.05) is 0 Å². The third-order valence-corrected chi connectivity index (χ3v) is 11.7. The lowest BCUT2D eigenvalue weighted by Crippen LogP contribution is -1.98. The zero-order valence-corrected chi connectivity index (χ0v) is 31.4. The van der Waals surface area contributed by atoms with Crippen LogP contribution in [-0.2, 0) is 0 Å². The second kappa shape index (κ2) is 12.9. The van der Waals surface area contributed by atoms with E-state index in [1.807, 2.05) is 12.1 Å². The summed E-state index contributed by atoms with van der Waals surface area (Å²) in [6.07, 6.45) is 0. The summed E-state index contributed by atoms with van der Waals surface area (Å²) in [5.41, 5.74) is 14.7. The highest BCUT2D eigenvalue weighted by atomic mass is 15.0. The smallest absolute Gasteiger partial charge is 0.0973 e. The van der Waals surface area contributed by atoms with Gasteiger partial charge in [-0.2, -0.15) is 0 Å². The standard InChI is InChI=1S/C54H34N4/c1-4-17-36(18-5-1)51-52(37-19-6-2-7-20-37)56-53-41(27-15-28-47(53)55-51)38-21-14-24-40(32-38)57-48-29-13-12-26-43(48)45-33-46-44-31-30-35-16-10-11-25-42(35)54(44)58(50(46)34-49(45)57)39-22-8-3-9-23-39/h1-34H. The van der Waals surface area contributed by atoms with E-state index in [2.05, 4.69) is 203 Å². The molecule has 4 nitrogen and oxygen atoms in total. The van der Waals surface area contributed by atoms with Crippen LogP contribution >= 0.6 is 0 Å². The number of rotatable bonds is 5. The van der Waals surface area contributed by atoms with Crippen molar-refractivity contribution in [1.82, 2.24) is 19.1 Å². The molecule has 0 N–H and O–H groups in total. The molecular formula is C54H34N4. The van der Waals surface area contributed by atoms with E-state index in [0.29, 0.717) is 0 Å². The molecule has 0 radical (unpaired) electrons. The molecule has 0 bridgehead atoms. The molecule has 0 aliphatic rings. The summed E-state index contributed by atoms with van der Waals surface area (Å²) >= 11 is 0.